The number of ether oxygens (including phenoxy) is 1. The number of piperidine rings is 1. The zero-order valence-electron chi connectivity index (χ0n) is 19.4. The minimum atomic E-state index is -4.92. The Kier molecular flexibility index (Phi) is 7.86. The lowest BCUT2D eigenvalue weighted by Gasteiger charge is -2.46. The molecule has 2 aromatic carbocycles. The number of alkyl halides is 6. The first-order valence-electron chi connectivity index (χ1n) is 11.2. The van der Waals surface area contributed by atoms with Crippen molar-refractivity contribution in [1.82, 2.24) is 10.6 Å². The Labute approximate surface area is 200 Å². The molecule has 0 bridgehead atoms. The van der Waals surface area contributed by atoms with Crippen molar-refractivity contribution in [3.8, 4) is 0 Å². The molecule has 35 heavy (non-hydrogen) atoms. The molecule has 0 aromatic heterocycles. The monoisotopic (exact) mass is 502 g/mol. The number of benzene rings is 2. The molecule has 1 amide bonds. The third-order valence-corrected chi connectivity index (χ3v) is 6.27. The van der Waals surface area contributed by atoms with Crippen LogP contribution < -0.4 is 10.6 Å². The number of halogens is 6. The van der Waals surface area contributed by atoms with E-state index < -0.39 is 41.2 Å². The van der Waals surface area contributed by atoms with E-state index in [2.05, 4.69) is 10.6 Å². The van der Waals surface area contributed by atoms with Crippen molar-refractivity contribution < 1.29 is 35.9 Å². The van der Waals surface area contributed by atoms with Gasteiger partial charge in [-0.3, -0.25) is 4.79 Å². The number of rotatable bonds is 7. The fourth-order valence-corrected chi connectivity index (χ4v) is 4.22. The molecular formula is C25H28F6N2O2. The number of carbonyl (C=O) groups excluding carboxylic acids is 1. The van der Waals surface area contributed by atoms with Crippen LogP contribution in [0.2, 0.25) is 0 Å². The summed E-state index contributed by atoms with van der Waals surface area (Å²) in [5.41, 5.74) is -3.29. The molecule has 0 unspecified atom stereocenters. The van der Waals surface area contributed by atoms with Crippen LogP contribution in [0.15, 0.2) is 48.5 Å². The molecule has 0 saturated carbocycles. The summed E-state index contributed by atoms with van der Waals surface area (Å²) >= 11 is 0. The maximum atomic E-state index is 13.2. The number of hydrogen-bond acceptors (Lipinski definition) is 3. The highest BCUT2D eigenvalue weighted by Crippen LogP contribution is 2.37. The van der Waals surface area contributed by atoms with Crippen LogP contribution in [0.1, 0.15) is 55.4 Å². The van der Waals surface area contributed by atoms with Crippen LogP contribution in [0.3, 0.4) is 0 Å². The molecular weight excluding hydrogens is 474 g/mol. The van der Waals surface area contributed by atoms with Gasteiger partial charge >= 0.3 is 12.4 Å². The molecule has 4 nitrogen and oxygen atoms in total. The molecule has 0 spiro atoms. The first-order valence-corrected chi connectivity index (χ1v) is 11.2. The predicted octanol–water partition coefficient (Wildman–Crippen LogP) is 5.80. The molecule has 1 heterocycles. The second kappa shape index (κ2) is 10.2. The van der Waals surface area contributed by atoms with Crippen molar-refractivity contribution >= 4 is 5.91 Å². The van der Waals surface area contributed by atoms with Gasteiger partial charge in [-0.05, 0) is 49.1 Å². The standard InChI is InChI=1S/C25H28F6N2O2/c1-3-21(34)33-22(2)9-10-23(32-15-22,18-7-5-4-6-8-18)16-35-14-17-11-19(24(26,27)28)13-20(12-17)25(29,30)31/h4-8,11-13,32H,3,9-10,14-16H2,1-2H3,(H,33,34)/t22-,23-/m1/s1. The minimum absolute atomic E-state index is 0.0203. The van der Waals surface area contributed by atoms with Crippen molar-refractivity contribution in [2.24, 2.45) is 0 Å². The van der Waals surface area contributed by atoms with Crippen molar-refractivity contribution in [1.29, 1.82) is 0 Å². The van der Waals surface area contributed by atoms with Gasteiger partial charge in [0, 0.05) is 18.5 Å². The van der Waals surface area contributed by atoms with Crippen LogP contribution in [-0.4, -0.2) is 24.6 Å². The summed E-state index contributed by atoms with van der Waals surface area (Å²) in [5, 5.41) is 6.43. The quantitative estimate of drug-likeness (QED) is 0.471. The van der Waals surface area contributed by atoms with E-state index in [1.165, 1.54) is 0 Å². The van der Waals surface area contributed by atoms with Gasteiger partial charge in [-0.25, -0.2) is 0 Å². The van der Waals surface area contributed by atoms with Gasteiger partial charge in [-0.15, -0.1) is 0 Å². The third kappa shape index (κ3) is 6.76. The fraction of sp³-hybridized carbons (Fsp3) is 0.480. The topological polar surface area (TPSA) is 50.4 Å². The van der Waals surface area contributed by atoms with Crippen LogP contribution in [0.25, 0.3) is 0 Å². The van der Waals surface area contributed by atoms with Gasteiger partial charge < -0.3 is 15.4 Å². The van der Waals surface area contributed by atoms with Gasteiger partial charge in [0.15, 0.2) is 0 Å². The second-order valence-corrected chi connectivity index (χ2v) is 9.17. The molecule has 2 N–H and O–H groups in total. The molecule has 2 aromatic rings. The number of amides is 1. The number of hydrogen-bond donors (Lipinski definition) is 2. The summed E-state index contributed by atoms with van der Waals surface area (Å²) in [6.07, 6.45) is -8.35. The van der Waals surface area contributed by atoms with E-state index in [-0.39, 0.29) is 24.1 Å². The van der Waals surface area contributed by atoms with Crippen LogP contribution in [0.4, 0.5) is 26.3 Å². The maximum Gasteiger partial charge on any atom is 0.416 e. The molecule has 10 heteroatoms. The lowest BCUT2D eigenvalue weighted by Crippen LogP contribution is -2.62. The van der Waals surface area contributed by atoms with E-state index in [0.717, 1.165) is 5.56 Å². The fourth-order valence-electron chi connectivity index (χ4n) is 4.22. The Bertz CT molecular complexity index is 981. The first kappa shape index (κ1) is 27.0. The van der Waals surface area contributed by atoms with Gasteiger partial charge in [0.05, 0.1) is 29.9 Å². The van der Waals surface area contributed by atoms with E-state index >= 15 is 0 Å². The van der Waals surface area contributed by atoms with Crippen LogP contribution in [0.5, 0.6) is 0 Å². The Morgan fingerprint density at radius 2 is 1.60 bits per heavy atom. The molecule has 2 atom stereocenters. The van der Waals surface area contributed by atoms with E-state index in [1.807, 2.05) is 37.3 Å². The smallest absolute Gasteiger partial charge is 0.374 e. The van der Waals surface area contributed by atoms with Crippen molar-refractivity contribution in [2.45, 2.75) is 63.1 Å². The Morgan fingerprint density at radius 1 is 1.00 bits per heavy atom. The number of carbonyl (C=O) groups is 1. The summed E-state index contributed by atoms with van der Waals surface area (Å²) in [6.45, 7) is 3.69. The highest BCUT2D eigenvalue weighted by atomic mass is 19.4. The van der Waals surface area contributed by atoms with E-state index in [0.29, 0.717) is 37.9 Å². The van der Waals surface area contributed by atoms with Crippen LogP contribution in [0, 0.1) is 0 Å². The molecule has 0 radical (unpaired) electrons. The normalized spacial score (nSPS) is 23.2. The van der Waals surface area contributed by atoms with Gasteiger partial charge in [0.25, 0.3) is 0 Å². The summed E-state index contributed by atoms with van der Waals surface area (Å²) in [4.78, 5) is 11.9. The minimum Gasteiger partial charge on any atom is -0.374 e. The van der Waals surface area contributed by atoms with Crippen LogP contribution in [-0.2, 0) is 34.0 Å². The summed E-state index contributed by atoms with van der Waals surface area (Å²) in [5.74, 6) is -0.0808. The largest absolute Gasteiger partial charge is 0.416 e. The zero-order chi connectivity index (χ0) is 25.9. The zero-order valence-corrected chi connectivity index (χ0v) is 19.4. The molecule has 3 rings (SSSR count). The van der Waals surface area contributed by atoms with Gasteiger partial charge in [0.2, 0.25) is 5.91 Å². The van der Waals surface area contributed by atoms with Crippen LogP contribution >= 0.6 is 0 Å². The third-order valence-electron chi connectivity index (χ3n) is 6.27. The Morgan fingerprint density at radius 3 is 2.09 bits per heavy atom. The van der Waals surface area contributed by atoms with E-state index in [4.69, 9.17) is 4.74 Å². The average Bonchev–Trinajstić information content (AvgIpc) is 2.80. The van der Waals surface area contributed by atoms with E-state index in [9.17, 15) is 31.1 Å². The molecule has 1 aliphatic rings. The van der Waals surface area contributed by atoms with Crippen molar-refractivity contribution in [2.75, 3.05) is 13.2 Å². The maximum absolute atomic E-state index is 13.2. The van der Waals surface area contributed by atoms with Crippen molar-refractivity contribution in [3.05, 3.63) is 70.8 Å². The SMILES string of the molecule is CCC(=O)N[C@]1(C)CC[C@@](COCc2cc(C(F)(F)F)cc(C(F)(F)F)c2)(c2ccccc2)NC1. The summed E-state index contributed by atoms with van der Waals surface area (Å²) < 4.78 is 84.8. The second-order valence-electron chi connectivity index (χ2n) is 9.17. The van der Waals surface area contributed by atoms with Gasteiger partial charge in [-0.2, -0.15) is 26.3 Å². The van der Waals surface area contributed by atoms with Crippen molar-refractivity contribution in [3.63, 3.8) is 0 Å². The lowest BCUT2D eigenvalue weighted by atomic mass is 9.77. The molecule has 1 fully saturated rings. The molecule has 1 saturated heterocycles. The number of nitrogens with one attached hydrogen (secondary N) is 2. The summed E-state index contributed by atoms with van der Waals surface area (Å²) in [7, 11) is 0. The first-order chi connectivity index (χ1) is 16.3. The van der Waals surface area contributed by atoms with Gasteiger partial charge in [-0.1, -0.05) is 37.3 Å². The summed E-state index contributed by atoms with van der Waals surface area (Å²) in [6, 6.07) is 10.7. The Hall–Kier alpha value is -2.59. The predicted molar refractivity (Wildman–Crippen MR) is 118 cm³/mol. The van der Waals surface area contributed by atoms with Gasteiger partial charge in [0.1, 0.15) is 0 Å². The molecule has 0 aliphatic carbocycles. The highest BCUT2D eigenvalue weighted by molar-refractivity contribution is 5.76. The van der Waals surface area contributed by atoms with E-state index in [1.54, 1.807) is 6.92 Å². The highest BCUT2D eigenvalue weighted by Gasteiger charge is 2.42. The average molecular weight is 502 g/mol. The Balaban J connectivity index is 1.80. The molecule has 1 aliphatic heterocycles. The lowest BCUT2D eigenvalue weighted by molar-refractivity contribution is -0.143. The molecule has 192 valence electrons.